The molecule has 5 rings (SSSR count). The van der Waals surface area contributed by atoms with Crippen LogP contribution in [0.5, 0.6) is 0 Å². The highest BCUT2D eigenvalue weighted by atomic mass is 32.1. The van der Waals surface area contributed by atoms with Crippen LogP contribution in [0.3, 0.4) is 0 Å². The summed E-state index contributed by atoms with van der Waals surface area (Å²) in [5.41, 5.74) is 3.24. The summed E-state index contributed by atoms with van der Waals surface area (Å²) in [6, 6.07) is 8.13. The van der Waals surface area contributed by atoms with Gasteiger partial charge in [0.1, 0.15) is 11.5 Å². The highest BCUT2D eigenvalue weighted by Crippen LogP contribution is 2.31. The van der Waals surface area contributed by atoms with Gasteiger partial charge < -0.3 is 10.2 Å². The zero-order valence-corrected chi connectivity index (χ0v) is 22.7. The zero-order chi connectivity index (χ0) is 27.0. The van der Waals surface area contributed by atoms with Gasteiger partial charge in [0, 0.05) is 36.0 Å². The molecule has 1 saturated heterocycles. The number of fused-ring (bicyclic) bond motifs is 1. The lowest BCUT2D eigenvalue weighted by Crippen LogP contribution is -2.45. The first kappa shape index (κ1) is 25.9. The molecule has 198 valence electrons. The van der Waals surface area contributed by atoms with Crippen molar-refractivity contribution in [3.63, 3.8) is 0 Å². The van der Waals surface area contributed by atoms with Crippen molar-refractivity contribution in [3.05, 3.63) is 74.9 Å². The molecule has 0 radical (unpaired) electrons. The average Bonchev–Trinajstić information content (AvgIpc) is 3.52. The maximum absolute atomic E-state index is 13.2. The molecule has 0 spiro atoms. The van der Waals surface area contributed by atoms with Gasteiger partial charge in [-0.2, -0.15) is 5.10 Å². The number of rotatable bonds is 6. The van der Waals surface area contributed by atoms with Crippen molar-refractivity contribution in [1.29, 1.82) is 0 Å². The van der Waals surface area contributed by atoms with Gasteiger partial charge in [-0.05, 0) is 64.7 Å². The number of halogens is 1. The van der Waals surface area contributed by atoms with Crippen molar-refractivity contribution < 1.29 is 14.0 Å². The number of carbonyl (C=O) groups is 2. The van der Waals surface area contributed by atoms with Gasteiger partial charge >= 0.3 is 0 Å². The first-order valence-corrected chi connectivity index (χ1v) is 13.5. The first-order valence-electron chi connectivity index (χ1n) is 12.6. The van der Waals surface area contributed by atoms with Crippen LogP contribution in [-0.4, -0.2) is 60.1 Å². The van der Waals surface area contributed by atoms with E-state index in [2.05, 4.69) is 25.6 Å². The summed E-state index contributed by atoms with van der Waals surface area (Å²) >= 11 is 1.48. The fourth-order valence-corrected chi connectivity index (χ4v) is 5.83. The van der Waals surface area contributed by atoms with E-state index in [9.17, 15) is 14.0 Å². The smallest absolute Gasteiger partial charge is 0.276 e. The van der Waals surface area contributed by atoms with Crippen LogP contribution in [0.4, 0.5) is 4.39 Å². The number of hydrogen-bond acceptors (Lipinski definition) is 7. The van der Waals surface area contributed by atoms with Crippen molar-refractivity contribution in [2.75, 3.05) is 13.1 Å². The molecule has 1 fully saturated rings. The third-order valence-electron chi connectivity index (χ3n) is 6.83. The summed E-state index contributed by atoms with van der Waals surface area (Å²) in [4.78, 5) is 32.5. The maximum atomic E-state index is 13.2. The molecule has 1 aliphatic rings. The first-order chi connectivity index (χ1) is 18.1. The Morgan fingerprint density at radius 3 is 2.55 bits per heavy atom. The number of piperidine rings is 1. The molecule has 0 atom stereocenters. The topological polar surface area (TPSA) is 105 Å². The second kappa shape index (κ2) is 10.2. The number of hydrogen-bond donors (Lipinski definition) is 1. The van der Waals surface area contributed by atoms with Gasteiger partial charge in [-0.25, -0.2) is 13.9 Å². The Hall–Kier alpha value is -3.73. The third kappa shape index (κ3) is 5.42. The molecule has 0 unspecified atom stereocenters. The van der Waals surface area contributed by atoms with E-state index in [1.165, 1.54) is 23.5 Å². The summed E-state index contributed by atoms with van der Waals surface area (Å²) in [6.45, 7) is 8.73. The molecule has 2 amide bonds. The van der Waals surface area contributed by atoms with Crippen molar-refractivity contribution in [2.24, 2.45) is 0 Å². The summed E-state index contributed by atoms with van der Waals surface area (Å²) in [5, 5.41) is 18.5. The summed E-state index contributed by atoms with van der Waals surface area (Å²) in [5.74, 6) is -0.478. The molecular weight excluding hydrogens is 505 g/mol. The quantitative estimate of drug-likeness (QED) is 0.398. The maximum Gasteiger partial charge on any atom is 0.276 e. The Balaban J connectivity index is 1.19. The van der Waals surface area contributed by atoms with Crippen molar-refractivity contribution in [2.45, 2.75) is 58.4 Å². The van der Waals surface area contributed by atoms with E-state index in [-0.39, 0.29) is 23.5 Å². The number of benzene rings is 1. The Kier molecular flexibility index (Phi) is 6.95. The normalized spacial score (nSPS) is 14.7. The molecule has 0 saturated carbocycles. The van der Waals surface area contributed by atoms with E-state index in [1.807, 2.05) is 33.8 Å². The molecule has 38 heavy (non-hydrogen) atoms. The Morgan fingerprint density at radius 1 is 1.13 bits per heavy atom. The Morgan fingerprint density at radius 2 is 1.84 bits per heavy atom. The van der Waals surface area contributed by atoms with Crippen molar-refractivity contribution in [3.8, 4) is 0 Å². The van der Waals surface area contributed by atoms with Crippen LogP contribution in [-0.2, 0) is 6.42 Å². The second-order valence-corrected chi connectivity index (χ2v) is 11.4. The van der Waals surface area contributed by atoms with E-state index < -0.39 is 5.54 Å². The van der Waals surface area contributed by atoms with E-state index in [0.29, 0.717) is 42.2 Å². The molecule has 4 heterocycles. The molecular formula is C27H30FN7O2S. The van der Waals surface area contributed by atoms with Gasteiger partial charge in [0.2, 0.25) is 0 Å². The fraction of sp³-hybridized carbons (Fsp3) is 0.407. The zero-order valence-electron chi connectivity index (χ0n) is 21.9. The minimum absolute atomic E-state index is 0.147. The van der Waals surface area contributed by atoms with Gasteiger partial charge in [-0.3, -0.25) is 9.59 Å². The van der Waals surface area contributed by atoms with E-state index in [0.717, 1.165) is 29.1 Å². The Labute approximate surface area is 224 Å². The van der Waals surface area contributed by atoms with Crippen molar-refractivity contribution >= 4 is 28.8 Å². The number of thiazole rings is 1. The minimum Gasteiger partial charge on any atom is -0.345 e. The summed E-state index contributed by atoms with van der Waals surface area (Å²) in [6.07, 6.45) is 2.08. The lowest BCUT2D eigenvalue weighted by molar-refractivity contribution is 0.0704. The van der Waals surface area contributed by atoms with E-state index >= 15 is 0 Å². The van der Waals surface area contributed by atoms with Crippen LogP contribution in [0, 0.1) is 19.7 Å². The number of aryl methyl sites for hydroxylation is 2. The van der Waals surface area contributed by atoms with Crippen LogP contribution in [0.25, 0.3) is 5.65 Å². The molecule has 1 aromatic carbocycles. The van der Waals surface area contributed by atoms with Crippen molar-refractivity contribution in [1.82, 2.24) is 35.0 Å². The predicted octanol–water partition coefficient (Wildman–Crippen LogP) is 4.11. The molecule has 1 aliphatic heterocycles. The average molecular weight is 536 g/mol. The lowest BCUT2D eigenvalue weighted by Gasteiger charge is -2.31. The number of likely N-dealkylation sites (tertiary alicyclic amines) is 1. The van der Waals surface area contributed by atoms with Crippen LogP contribution >= 0.6 is 11.3 Å². The standard InChI is InChI=1S/C27H30FN7O2S/c1-16-13-22-31-32-23(17(2)35(22)33-16)26(37)34-11-9-19(10-12-34)25-29-21(15-38-25)24(36)30-27(3,4)14-18-5-7-20(28)8-6-18/h5-8,13,15,19H,9-12,14H2,1-4H3,(H,30,36). The third-order valence-corrected chi connectivity index (χ3v) is 7.83. The van der Waals surface area contributed by atoms with E-state index in [4.69, 9.17) is 0 Å². The van der Waals surface area contributed by atoms with Gasteiger partial charge in [0.15, 0.2) is 11.3 Å². The predicted molar refractivity (Wildman–Crippen MR) is 142 cm³/mol. The fourth-order valence-electron chi connectivity index (χ4n) is 4.86. The second-order valence-electron chi connectivity index (χ2n) is 10.5. The molecule has 4 aromatic rings. The largest absolute Gasteiger partial charge is 0.345 e. The van der Waals surface area contributed by atoms with Crippen LogP contribution < -0.4 is 5.32 Å². The number of carbonyl (C=O) groups excluding carboxylic acids is 2. The van der Waals surface area contributed by atoms with Gasteiger partial charge in [0.05, 0.1) is 16.4 Å². The molecule has 0 bridgehead atoms. The highest BCUT2D eigenvalue weighted by Gasteiger charge is 2.30. The lowest BCUT2D eigenvalue weighted by atomic mass is 9.94. The summed E-state index contributed by atoms with van der Waals surface area (Å²) < 4.78 is 14.9. The van der Waals surface area contributed by atoms with E-state index in [1.54, 1.807) is 26.9 Å². The summed E-state index contributed by atoms with van der Waals surface area (Å²) in [7, 11) is 0. The SMILES string of the molecule is Cc1cc2nnc(C(=O)N3CCC(c4nc(C(=O)NC(C)(C)Cc5ccc(F)cc5)cs4)CC3)c(C)n2n1. The van der Waals surface area contributed by atoms with Crippen LogP contribution in [0.15, 0.2) is 35.7 Å². The van der Waals surface area contributed by atoms with Crippen LogP contribution in [0.1, 0.15) is 75.5 Å². The number of amides is 2. The molecule has 9 nitrogen and oxygen atoms in total. The minimum atomic E-state index is -0.525. The molecule has 0 aliphatic carbocycles. The monoisotopic (exact) mass is 535 g/mol. The molecule has 1 N–H and O–H groups in total. The number of nitrogens with zero attached hydrogens (tertiary/aromatic N) is 6. The van der Waals surface area contributed by atoms with Gasteiger partial charge in [-0.1, -0.05) is 12.1 Å². The molecule has 3 aromatic heterocycles. The number of aromatic nitrogens is 5. The highest BCUT2D eigenvalue weighted by molar-refractivity contribution is 7.09. The van der Waals surface area contributed by atoms with Crippen LogP contribution in [0.2, 0.25) is 0 Å². The molecule has 11 heteroatoms. The van der Waals surface area contributed by atoms with Gasteiger partial charge in [-0.15, -0.1) is 21.5 Å². The number of nitrogens with one attached hydrogen (secondary N) is 1. The Bertz CT molecular complexity index is 1490. The van der Waals surface area contributed by atoms with Gasteiger partial charge in [0.25, 0.3) is 11.8 Å².